The Morgan fingerprint density at radius 3 is 2.78 bits per heavy atom. The lowest BCUT2D eigenvalue weighted by atomic mass is 10.1. The number of aryl methyl sites for hydroxylation is 2. The van der Waals surface area contributed by atoms with E-state index < -0.39 is 0 Å². The molecule has 1 aromatic carbocycles. The van der Waals surface area contributed by atoms with Crippen molar-refractivity contribution in [3.8, 4) is 17.2 Å². The number of ether oxygens (including phenoxy) is 2. The fourth-order valence-electron chi connectivity index (χ4n) is 3.04. The van der Waals surface area contributed by atoms with Gasteiger partial charge in [0.15, 0.2) is 5.76 Å². The molecule has 0 aliphatic carbocycles. The molecule has 0 radical (unpaired) electrons. The van der Waals surface area contributed by atoms with Gasteiger partial charge in [-0.15, -0.1) is 0 Å². The topological polar surface area (TPSA) is 94.7 Å². The molecular formula is C20H22N2O5. The third-order valence-corrected chi connectivity index (χ3v) is 4.33. The number of carbonyl (C=O) groups is 1. The van der Waals surface area contributed by atoms with Crippen LogP contribution in [0.15, 0.2) is 34.9 Å². The second kappa shape index (κ2) is 8.64. The molecule has 27 heavy (non-hydrogen) atoms. The smallest absolute Gasteiger partial charge is 0.290 e. The van der Waals surface area contributed by atoms with Crippen LogP contribution in [-0.4, -0.2) is 41.0 Å². The molecule has 0 spiro atoms. The van der Waals surface area contributed by atoms with Gasteiger partial charge in [0.2, 0.25) is 0 Å². The minimum atomic E-state index is -0.250. The van der Waals surface area contributed by atoms with Crippen molar-refractivity contribution in [3.63, 3.8) is 0 Å². The van der Waals surface area contributed by atoms with Crippen LogP contribution in [0.25, 0.3) is 22.4 Å². The van der Waals surface area contributed by atoms with E-state index in [-0.39, 0.29) is 12.6 Å². The van der Waals surface area contributed by atoms with E-state index in [4.69, 9.17) is 23.9 Å². The van der Waals surface area contributed by atoms with Crippen molar-refractivity contribution in [3.05, 3.63) is 41.6 Å². The van der Waals surface area contributed by atoms with E-state index in [1.807, 2.05) is 37.3 Å². The van der Waals surface area contributed by atoms with Crippen LogP contribution in [0.4, 0.5) is 0 Å². The summed E-state index contributed by atoms with van der Waals surface area (Å²) in [5, 5.41) is 11.9. The summed E-state index contributed by atoms with van der Waals surface area (Å²) >= 11 is 0. The SMILES string of the molecule is Cc1cc(-c2cc(C)c3cc(OCC4CCCO4)ccc3n2)on1.O=CO. The highest BCUT2D eigenvalue weighted by molar-refractivity contribution is 5.85. The molecule has 1 fully saturated rings. The molecule has 1 N–H and O–H groups in total. The molecule has 3 heterocycles. The zero-order chi connectivity index (χ0) is 19.2. The Kier molecular flexibility index (Phi) is 6.03. The molecule has 1 saturated heterocycles. The van der Waals surface area contributed by atoms with Crippen LogP contribution in [0.3, 0.4) is 0 Å². The van der Waals surface area contributed by atoms with E-state index in [1.165, 1.54) is 0 Å². The quantitative estimate of drug-likeness (QED) is 0.699. The first-order valence-electron chi connectivity index (χ1n) is 8.78. The highest BCUT2D eigenvalue weighted by atomic mass is 16.5. The van der Waals surface area contributed by atoms with Crippen molar-refractivity contribution < 1.29 is 23.9 Å². The maximum absolute atomic E-state index is 8.36. The van der Waals surface area contributed by atoms with Gasteiger partial charge in [0.05, 0.1) is 17.3 Å². The van der Waals surface area contributed by atoms with Gasteiger partial charge in [-0.2, -0.15) is 0 Å². The van der Waals surface area contributed by atoms with Gasteiger partial charge in [-0.25, -0.2) is 4.98 Å². The van der Waals surface area contributed by atoms with Crippen LogP contribution in [0.2, 0.25) is 0 Å². The number of nitrogens with zero attached hydrogens (tertiary/aromatic N) is 2. The van der Waals surface area contributed by atoms with Crippen molar-refractivity contribution in [2.45, 2.75) is 32.8 Å². The normalized spacial score (nSPS) is 16.0. The fraction of sp³-hybridized carbons (Fsp3) is 0.350. The molecule has 1 aliphatic heterocycles. The first-order valence-corrected chi connectivity index (χ1v) is 8.78. The molecule has 3 aromatic rings. The van der Waals surface area contributed by atoms with Crippen molar-refractivity contribution in [2.75, 3.05) is 13.2 Å². The first kappa shape index (κ1) is 18.8. The van der Waals surface area contributed by atoms with Gasteiger partial charge in [0.25, 0.3) is 6.47 Å². The Labute approximate surface area is 156 Å². The molecule has 142 valence electrons. The highest BCUT2D eigenvalue weighted by Gasteiger charge is 2.16. The van der Waals surface area contributed by atoms with Crippen LogP contribution >= 0.6 is 0 Å². The van der Waals surface area contributed by atoms with E-state index in [9.17, 15) is 0 Å². The molecule has 0 amide bonds. The number of carboxylic acid groups (broad SMARTS) is 1. The molecule has 1 atom stereocenters. The lowest BCUT2D eigenvalue weighted by Gasteiger charge is -2.12. The zero-order valence-corrected chi connectivity index (χ0v) is 15.3. The van der Waals surface area contributed by atoms with E-state index in [2.05, 4.69) is 17.1 Å². The molecule has 0 bridgehead atoms. The Morgan fingerprint density at radius 1 is 1.30 bits per heavy atom. The average Bonchev–Trinajstić information content (AvgIpc) is 3.32. The minimum Gasteiger partial charge on any atom is -0.491 e. The van der Waals surface area contributed by atoms with Crippen LogP contribution in [0.5, 0.6) is 5.75 Å². The number of fused-ring (bicyclic) bond motifs is 1. The van der Waals surface area contributed by atoms with E-state index >= 15 is 0 Å². The zero-order valence-electron chi connectivity index (χ0n) is 15.3. The summed E-state index contributed by atoms with van der Waals surface area (Å²) in [6, 6.07) is 9.90. The minimum absolute atomic E-state index is 0.219. The summed E-state index contributed by atoms with van der Waals surface area (Å²) in [7, 11) is 0. The summed E-state index contributed by atoms with van der Waals surface area (Å²) in [6.07, 6.45) is 2.42. The molecular weight excluding hydrogens is 348 g/mol. The molecule has 1 unspecified atom stereocenters. The van der Waals surface area contributed by atoms with Gasteiger partial charge in [-0.3, -0.25) is 4.79 Å². The van der Waals surface area contributed by atoms with E-state index in [0.717, 1.165) is 53.1 Å². The number of aromatic nitrogens is 2. The van der Waals surface area contributed by atoms with Crippen LogP contribution in [-0.2, 0) is 9.53 Å². The summed E-state index contributed by atoms with van der Waals surface area (Å²) in [6.45, 7) is 5.17. The number of benzene rings is 1. The van der Waals surface area contributed by atoms with E-state index in [0.29, 0.717) is 12.4 Å². The Morgan fingerprint density at radius 2 is 2.11 bits per heavy atom. The predicted molar refractivity (Wildman–Crippen MR) is 99.9 cm³/mol. The second-order valence-electron chi connectivity index (χ2n) is 6.39. The number of hydrogen-bond acceptors (Lipinski definition) is 6. The standard InChI is InChI=1S/C19H20N2O3.CH2O2/c1-12-8-18(19-9-13(2)21-24-19)20-17-6-5-14(10-16(12)17)23-11-15-4-3-7-22-15;2-1-3/h5-6,8-10,15H,3-4,7,11H2,1-2H3;1H,(H,2,3). The van der Waals surface area contributed by atoms with Gasteiger partial charge in [-0.1, -0.05) is 5.16 Å². The molecule has 0 saturated carbocycles. The van der Waals surface area contributed by atoms with Crippen molar-refractivity contribution >= 4 is 17.4 Å². The van der Waals surface area contributed by atoms with E-state index in [1.54, 1.807) is 0 Å². The van der Waals surface area contributed by atoms with Gasteiger partial charge in [0.1, 0.15) is 18.1 Å². The summed E-state index contributed by atoms with van der Waals surface area (Å²) < 4.78 is 16.8. The Balaban J connectivity index is 0.000000659. The monoisotopic (exact) mass is 370 g/mol. The van der Waals surface area contributed by atoms with Crippen molar-refractivity contribution in [1.29, 1.82) is 0 Å². The second-order valence-corrected chi connectivity index (χ2v) is 6.39. The highest BCUT2D eigenvalue weighted by Crippen LogP contribution is 2.28. The summed E-state index contributed by atoms with van der Waals surface area (Å²) in [5.74, 6) is 1.54. The Hall–Kier alpha value is -2.93. The van der Waals surface area contributed by atoms with Crippen molar-refractivity contribution in [2.24, 2.45) is 0 Å². The average molecular weight is 370 g/mol. The van der Waals surface area contributed by atoms with Gasteiger partial charge < -0.3 is 19.1 Å². The maximum atomic E-state index is 8.36. The molecule has 4 rings (SSSR count). The largest absolute Gasteiger partial charge is 0.491 e. The summed E-state index contributed by atoms with van der Waals surface area (Å²) in [4.78, 5) is 13.0. The van der Waals surface area contributed by atoms with Crippen molar-refractivity contribution in [1.82, 2.24) is 10.1 Å². The van der Waals surface area contributed by atoms with Crippen LogP contribution in [0, 0.1) is 13.8 Å². The molecule has 7 nitrogen and oxygen atoms in total. The molecule has 2 aromatic heterocycles. The summed E-state index contributed by atoms with van der Waals surface area (Å²) in [5.41, 5.74) is 3.70. The number of hydrogen-bond donors (Lipinski definition) is 1. The van der Waals surface area contributed by atoms with Gasteiger partial charge in [0, 0.05) is 18.1 Å². The third kappa shape index (κ3) is 4.62. The number of rotatable bonds is 4. The van der Waals surface area contributed by atoms with Crippen LogP contribution in [0.1, 0.15) is 24.1 Å². The maximum Gasteiger partial charge on any atom is 0.290 e. The lowest BCUT2D eigenvalue weighted by molar-refractivity contribution is -0.122. The van der Waals surface area contributed by atoms with Gasteiger partial charge >= 0.3 is 0 Å². The predicted octanol–water partition coefficient (Wildman–Crippen LogP) is 3.77. The van der Waals surface area contributed by atoms with Gasteiger partial charge in [-0.05, 0) is 56.5 Å². The molecule has 1 aliphatic rings. The lowest BCUT2D eigenvalue weighted by Crippen LogP contribution is -2.16. The fourth-order valence-corrected chi connectivity index (χ4v) is 3.04. The van der Waals surface area contributed by atoms with Crippen LogP contribution < -0.4 is 4.74 Å². The Bertz CT molecular complexity index is 916. The first-order chi connectivity index (χ1) is 13.1. The third-order valence-electron chi connectivity index (χ3n) is 4.33. The number of pyridine rings is 1. The molecule has 7 heteroatoms.